The molecule has 0 aliphatic heterocycles. The van der Waals surface area contributed by atoms with Crippen molar-refractivity contribution < 1.29 is 12.8 Å². The minimum atomic E-state index is -3.45. The molecule has 1 fully saturated rings. The first kappa shape index (κ1) is 16.5. The van der Waals surface area contributed by atoms with Crippen LogP contribution < -0.4 is 5.32 Å². The molecule has 0 saturated heterocycles. The van der Waals surface area contributed by atoms with Crippen LogP contribution in [0.2, 0.25) is 0 Å². The largest absolute Gasteiger partial charge is 0.464 e. The molecule has 1 aromatic rings. The van der Waals surface area contributed by atoms with Crippen LogP contribution in [-0.2, 0) is 16.6 Å². The van der Waals surface area contributed by atoms with Gasteiger partial charge in [0.15, 0.2) is 0 Å². The molecule has 5 nitrogen and oxygen atoms in total. The third-order valence-corrected chi connectivity index (χ3v) is 6.04. The fraction of sp³-hybridized carbons (Fsp3) is 0.733. The Morgan fingerprint density at radius 2 is 2.14 bits per heavy atom. The van der Waals surface area contributed by atoms with Crippen molar-refractivity contribution in [2.75, 3.05) is 20.1 Å². The SMILES string of the molecule is CCCNCc1cc(S(=O)(=O)N(C)CC2CC2C)c(C)o1. The van der Waals surface area contributed by atoms with Crippen molar-refractivity contribution in [2.24, 2.45) is 11.8 Å². The number of furan rings is 1. The Labute approximate surface area is 127 Å². The number of hydrogen-bond donors (Lipinski definition) is 1. The van der Waals surface area contributed by atoms with E-state index in [2.05, 4.69) is 19.2 Å². The molecular weight excluding hydrogens is 288 g/mol. The van der Waals surface area contributed by atoms with Gasteiger partial charge >= 0.3 is 0 Å². The first-order valence-corrected chi connectivity index (χ1v) is 9.06. The van der Waals surface area contributed by atoms with Crippen LogP contribution in [-0.4, -0.2) is 32.9 Å². The van der Waals surface area contributed by atoms with Gasteiger partial charge in [0.05, 0.1) is 6.54 Å². The highest BCUT2D eigenvalue weighted by atomic mass is 32.2. The minimum absolute atomic E-state index is 0.298. The molecule has 1 saturated carbocycles. The quantitative estimate of drug-likeness (QED) is 0.748. The van der Waals surface area contributed by atoms with Crippen LogP contribution in [0.4, 0.5) is 0 Å². The van der Waals surface area contributed by atoms with E-state index in [9.17, 15) is 8.42 Å². The second kappa shape index (κ2) is 6.50. The molecule has 21 heavy (non-hydrogen) atoms. The molecule has 1 aliphatic rings. The molecule has 2 atom stereocenters. The van der Waals surface area contributed by atoms with E-state index in [1.807, 2.05) is 0 Å². The van der Waals surface area contributed by atoms with Crippen molar-refractivity contribution in [1.29, 1.82) is 0 Å². The minimum Gasteiger partial charge on any atom is -0.464 e. The number of hydrogen-bond acceptors (Lipinski definition) is 4. The lowest BCUT2D eigenvalue weighted by molar-refractivity contribution is 0.437. The molecule has 1 aromatic heterocycles. The molecule has 0 bridgehead atoms. The Kier molecular flexibility index (Phi) is 5.11. The smallest absolute Gasteiger partial charge is 0.246 e. The van der Waals surface area contributed by atoms with Gasteiger partial charge in [-0.1, -0.05) is 13.8 Å². The second-order valence-electron chi connectivity index (χ2n) is 6.07. The molecule has 0 amide bonds. The zero-order chi connectivity index (χ0) is 15.6. The van der Waals surface area contributed by atoms with E-state index in [1.54, 1.807) is 20.0 Å². The van der Waals surface area contributed by atoms with Crippen molar-refractivity contribution in [3.05, 3.63) is 17.6 Å². The first-order chi connectivity index (χ1) is 9.86. The summed E-state index contributed by atoms with van der Waals surface area (Å²) >= 11 is 0. The fourth-order valence-corrected chi connectivity index (χ4v) is 3.91. The van der Waals surface area contributed by atoms with Crippen LogP contribution in [0.15, 0.2) is 15.4 Å². The lowest BCUT2D eigenvalue weighted by Crippen LogP contribution is -2.29. The maximum absolute atomic E-state index is 12.6. The zero-order valence-corrected chi connectivity index (χ0v) is 14.2. The molecule has 0 aromatic carbocycles. The third kappa shape index (κ3) is 3.87. The van der Waals surface area contributed by atoms with E-state index in [0.29, 0.717) is 41.3 Å². The van der Waals surface area contributed by atoms with Gasteiger partial charge in [-0.05, 0) is 38.1 Å². The van der Waals surface area contributed by atoms with Crippen molar-refractivity contribution in [3.63, 3.8) is 0 Å². The van der Waals surface area contributed by atoms with Crippen LogP contribution >= 0.6 is 0 Å². The Morgan fingerprint density at radius 1 is 1.48 bits per heavy atom. The lowest BCUT2D eigenvalue weighted by atomic mass is 10.3. The number of nitrogens with zero attached hydrogens (tertiary/aromatic N) is 1. The van der Waals surface area contributed by atoms with Crippen molar-refractivity contribution in [1.82, 2.24) is 9.62 Å². The number of nitrogens with one attached hydrogen (secondary N) is 1. The summed E-state index contributed by atoms with van der Waals surface area (Å²) in [4.78, 5) is 0.298. The number of sulfonamides is 1. The third-order valence-electron chi connectivity index (χ3n) is 4.11. The van der Waals surface area contributed by atoms with Gasteiger partial charge in [0.2, 0.25) is 10.0 Å². The van der Waals surface area contributed by atoms with Gasteiger partial charge in [-0.2, -0.15) is 0 Å². The molecule has 6 heteroatoms. The number of rotatable bonds is 8. The summed E-state index contributed by atoms with van der Waals surface area (Å²) in [5.74, 6) is 2.29. The van der Waals surface area contributed by atoms with E-state index in [-0.39, 0.29) is 0 Å². The topological polar surface area (TPSA) is 62.6 Å². The van der Waals surface area contributed by atoms with Gasteiger partial charge in [0.1, 0.15) is 16.4 Å². The van der Waals surface area contributed by atoms with Gasteiger partial charge in [-0.15, -0.1) is 0 Å². The highest BCUT2D eigenvalue weighted by molar-refractivity contribution is 7.89. The molecule has 0 radical (unpaired) electrons. The second-order valence-corrected chi connectivity index (χ2v) is 8.08. The van der Waals surface area contributed by atoms with E-state index in [0.717, 1.165) is 19.4 Å². The van der Waals surface area contributed by atoms with E-state index in [4.69, 9.17) is 4.42 Å². The van der Waals surface area contributed by atoms with Gasteiger partial charge in [0, 0.05) is 19.7 Å². The average molecular weight is 314 g/mol. The van der Waals surface area contributed by atoms with Crippen molar-refractivity contribution in [2.45, 2.75) is 45.1 Å². The van der Waals surface area contributed by atoms with Crippen LogP contribution in [0, 0.1) is 18.8 Å². The molecule has 0 spiro atoms. The Hall–Kier alpha value is -0.850. The Balaban J connectivity index is 2.08. The standard InChI is InChI=1S/C15H26N2O3S/c1-5-6-16-9-14-8-15(12(3)20-14)21(18,19)17(4)10-13-7-11(13)2/h8,11,13,16H,5-7,9-10H2,1-4H3. The summed E-state index contributed by atoms with van der Waals surface area (Å²) in [6, 6.07) is 1.65. The summed E-state index contributed by atoms with van der Waals surface area (Å²) < 4.78 is 32.3. The summed E-state index contributed by atoms with van der Waals surface area (Å²) in [6.07, 6.45) is 2.16. The first-order valence-electron chi connectivity index (χ1n) is 7.62. The molecule has 120 valence electrons. The highest BCUT2D eigenvalue weighted by Gasteiger charge is 2.37. The van der Waals surface area contributed by atoms with Crippen LogP contribution in [0.25, 0.3) is 0 Å². The van der Waals surface area contributed by atoms with E-state index in [1.165, 1.54) is 4.31 Å². The zero-order valence-electron chi connectivity index (χ0n) is 13.3. The monoisotopic (exact) mass is 314 g/mol. The summed E-state index contributed by atoms with van der Waals surface area (Å²) in [7, 11) is -1.79. The van der Waals surface area contributed by atoms with Crippen LogP contribution in [0.1, 0.15) is 38.2 Å². The molecule has 1 aliphatic carbocycles. The van der Waals surface area contributed by atoms with Crippen molar-refractivity contribution in [3.8, 4) is 0 Å². The normalized spacial score (nSPS) is 22.0. The Morgan fingerprint density at radius 3 is 2.71 bits per heavy atom. The maximum atomic E-state index is 12.6. The number of aryl methyl sites for hydroxylation is 1. The van der Waals surface area contributed by atoms with Gasteiger partial charge < -0.3 is 9.73 Å². The predicted molar refractivity (Wildman–Crippen MR) is 82.5 cm³/mol. The highest BCUT2D eigenvalue weighted by Crippen LogP contribution is 2.39. The summed E-state index contributed by atoms with van der Waals surface area (Å²) in [6.45, 7) is 8.01. The lowest BCUT2D eigenvalue weighted by Gasteiger charge is -2.16. The molecule has 1 N–H and O–H groups in total. The Bertz CT molecular complexity index is 580. The van der Waals surface area contributed by atoms with Gasteiger partial charge in [-0.25, -0.2) is 12.7 Å². The van der Waals surface area contributed by atoms with Gasteiger partial charge in [0.25, 0.3) is 0 Å². The maximum Gasteiger partial charge on any atom is 0.246 e. The molecule has 2 unspecified atom stereocenters. The van der Waals surface area contributed by atoms with Gasteiger partial charge in [-0.3, -0.25) is 0 Å². The summed E-state index contributed by atoms with van der Waals surface area (Å²) in [5, 5.41) is 3.22. The van der Waals surface area contributed by atoms with Crippen LogP contribution in [0.5, 0.6) is 0 Å². The summed E-state index contributed by atoms with van der Waals surface area (Å²) in [5.41, 5.74) is 0. The fourth-order valence-electron chi connectivity index (χ4n) is 2.51. The average Bonchev–Trinajstić information content (AvgIpc) is 2.96. The molecule has 2 rings (SSSR count). The van der Waals surface area contributed by atoms with E-state index >= 15 is 0 Å². The van der Waals surface area contributed by atoms with Crippen LogP contribution in [0.3, 0.4) is 0 Å². The van der Waals surface area contributed by atoms with Crippen molar-refractivity contribution >= 4 is 10.0 Å². The predicted octanol–water partition coefficient (Wildman–Crippen LogP) is 2.36. The van der Waals surface area contributed by atoms with E-state index < -0.39 is 10.0 Å². The molecule has 1 heterocycles. The molecular formula is C15H26N2O3S.